The number of carbonyl (C=O) groups is 1. The van der Waals surface area contributed by atoms with Gasteiger partial charge in [0.1, 0.15) is 43.6 Å². The number of hydrogen-bond acceptors (Lipinski definition) is 6. The predicted molar refractivity (Wildman–Crippen MR) is 110 cm³/mol. The van der Waals surface area contributed by atoms with Gasteiger partial charge in [-0.05, 0) is 36.4 Å². The van der Waals surface area contributed by atoms with Crippen LogP contribution in [0.15, 0.2) is 48.5 Å². The second-order valence-corrected chi connectivity index (χ2v) is 6.22. The molecule has 0 fully saturated rings. The van der Waals surface area contributed by atoms with E-state index in [-0.39, 0.29) is 25.8 Å². The molecule has 0 aromatic heterocycles. The van der Waals surface area contributed by atoms with Crippen molar-refractivity contribution in [2.45, 2.75) is 6.10 Å². The lowest BCUT2D eigenvalue weighted by Gasteiger charge is -2.14. The maximum atomic E-state index is 12.1. The molecule has 1 atom stereocenters. The molecule has 2 aromatic rings. The van der Waals surface area contributed by atoms with Gasteiger partial charge < -0.3 is 30.5 Å². The van der Waals surface area contributed by atoms with Crippen LogP contribution in [-0.4, -0.2) is 56.8 Å². The molecule has 0 bridgehead atoms. The summed E-state index contributed by atoms with van der Waals surface area (Å²) < 4.78 is 22.6. The van der Waals surface area contributed by atoms with Crippen LogP contribution >= 0.6 is 0 Å². The number of urea groups is 1. The minimum absolute atomic E-state index is 0.00571. The van der Waals surface area contributed by atoms with E-state index >= 15 is 0 Å². The molecule has 0 radical (unpaired) electrons. The first-order valence-electron chi connectivity index (χ1n) is 9.46. The molecule has 0 saturated carbocycles. The van der Waals surface area contributed by atoms with Crippen LogP contribution in [0.25, 0.3) is 0 Å². The monoisotopic (exact) mass is 416 g/mol. The van der Waals surface area contributed by atoms with Crippen LogP contribution in [0.1, 0.15) is 5.56 Å². The number of carbonyl (C=O) groups excluding carboxylic acids is 1. The Hall–Kier alpha value is -3.35. The van der Waals surface area contributed by atoms with Gasteiger partial charge in [-0.3, -0.25) is 0 Å². The lowest BCUT2D eigenvalue weighted by Crippen LogP contribution is -2.38. The second-order valence-electron chi connectivity index (χ2n) is 6.22. The van der Waals surface area contributed by atoms with Crippen LogP contribution in [0, 0.1) is 11.3 Å². The fourth-order valence-corrected chi connectivity index (χ4v) is 2.43. The van der Waals surface area contributed by atoms with Crippen LogP contribution in [0.4, 0.5) is 14.9 Å². The normalized spacial score (nSPS) is 11.2. The summed E-state index contributed by atoms with van der Waals surface area (Å²) in [7, 11) is 0. The standard InChI is InChI=1S/C21H25FN4O4/c22-9-12-29-19-7-5-17(6-8-19)26-21(28)25-11-10-24-14-18(27)15-30-20-4-2-1-3-16(20)13-23/h1-8,18,24,27H,9-12,14-15H2,(H2,25,26,28)/t18-/m0/s1. The number of alkyl halides is 1. The number of halogens is 1. The third kappa shape index (κ3) is 8.34. The van der Waals surface area contributed by atoms with Gasteiger partial charge in [0, 0.05) is 25.3 Å². The highest BCUT2D eigenvalue weighted by molar-refractivity contribution is 5.89. The van der Waals surface area contributed by atoms with Crippen molar-refractivity contribution in [1.82, 2.24) is 10.6 Å². The average Bonchev–Trinajstić information content (AvgIpc) is 2.77. The quantitative estimate of drug-likeness (QED) is 0.394. The first-order chi connectivity index (χ1) is 14.6. The van der Waals surface area contributed by atoms with Gasteiger partial charge in [-0.2, -0.15) is 5.26 Å². The molecule has 0 spiro atoms. The maximum Gasteiger partial charge on any atom is 0.319 e. The molecule has 9 heteroatoms. The Morgan fingerprint density at radius 3 is 2.63 bits per heavy atom. The topological polar surface area (TPSA) is 116 Å². The molecule has 8 nitrogen and oxygen atoms in total. The second kappa shape index (κ2) is 13.0. The zero-order chi connectivity index (χ0) is 21.6. The number of ether oxygens (including phenoxy) is 2. The van der Waals surface area contributed by atoms with Crippen LogP contribution in [0.2, 0.25) is 0 Å². The molecule has 0 saturated heterocycles. The van der Waals surface area contributed by atoms with Crippen molar-refractivity contribution in [2.75, 3.05) is 44.8 Å². The van der Waals surface area contributed by atoms with E-state index < -0.39 is 12.8 Å². The SMILES string of the molecule is N#Cc1ccccc1OC[C@@H](O)CNCCNC(=O)Nc1ccc(OCCF)cc1. The molecular weight excluding hydrogens is 391 g/mol. The zero-order valence-corrected chi connectivity index (χ0v) is 16.4. The maximum absolute atomic E-state index is 12.1. The molecule has 0 aliphatic carbocycles. The Kier molecular flexibility index (Phi) is 9.92. The number of anilines is 1. The summed E-state index contributed by atoms with van der Waals surface area (Å²) in [5.41, 5.74) is 0.994. The van der Waals surface area contributed by atoms with E-state index in [9.17, 15) is 14.3 Å². The molecule has 0 unspecified atom stereocenters. The molecular formula is C21H25FN4O4. The first kappa shape index (κ1) is 22.9. The molecule has 160 valence electrons. The van der Waals surface area contributed by atoms with Crippen LogP contribution in [-0.2, 0) is 0 Å². The zero-order valence-electron chi connectivity index (χ0n) is 16.4. The van der Waals surface area contributed by atoms with Gasteiger partial charge in [0.05, 0.1) is 5.56 Å². The van der Waals surface area contributed by atoms with Gasteiger partial charge in [-0.1, -0.05) is 12.1 Å². The number of benzene rings is 2. The van der Waals surface area contributed by atoms with Crippen molar-refractivity contribution in [1.29, 1.82) is 5.26 Å². The number of amides is 2. The van der Waals surface area contributed by atoms with E-state index in [0.29, 0.717) is 35.8 Å². The van der Waals surface area contributed by atoms with E-state index in [0.717, 1.165) is 0 Å². The van der Waals surface area contributed by atoms with E-state index in [1.165, 1.54) is 0 Å². The summed E-state index contributed by atoms with van der Waals surface area (Å²) in [5.74, 6) is 0.959. The Morgan fingerprint density at radius 2 is 1.90 bits per heavy atom. The Labute approximate surface area is 174 Å². The van der Waals surface area contributed by atoms with Gasteiger partial charge in [0.2, 0.25) is 0 Å². The smallest absolute Gasteiger partial charge is 0.319 e. The van der Waals surface area contributed by atoms with Crippen molar-refractivity contribution in [3.05, 3.63) is 54.1 Å². The summed E-state index contributed by atoms with van der Waals surface area (Å²) >= 11 is 0. The van der Waals surface area contributed by atoms with Crippen LogP contribution in [0.5, 0.6) is 11.5 Å². The summed E-state index contributed by atoms with van der Waals surface area (Å²) in [6.45, 7) is 0.566. The van der Waals surface area contributed by atoms with Crippen molar-refractivity contribution in [3.8, 4) is 17.6 Å². The van der Waals surface area contributed by atoms with E-state index in [1.54, 1.807) is 48.5 Å². The summed E-state index contributed by atoms with van der Waals surface area (Å²) in [5, 5.41) is 27.3. The number of nitrogens with zero attached hydrogens (tertiary/aromatic N) is 1. The number of rotatable bonds is 12. The molecule has 2 rings (SSSR count). The van der Waals surface area contributed by atoms with E-state index in [1.807, 2.05) is 6.07 Å². The Balaban J connectivity index is 1.57. The summed E-state index contributed by atoms with van der Waals surface area (Å²) in [6.07, 6.45) is -0.760. The number of para-hydroxylation sites is 1. The van der Waals surface area contributed by atoms with Gasteiger partial charge in [0.25, 0.3) is 0 Å². The summed E-state index contributed by atoms with van der Waals surface area (Å²) in [6, 6.07) is 15.1. The van der Waals surface area contributed by atoms with Gasteiger partial charge in [-0.25, -0.2) is 9.18 Å². The molecule has 0 aliphatic rings. The Bertz CT molecular complexity index is 827. The lowest BCUT2D eigenvalue weighted by molar-refractivity contribution is 0.106. The largest absolute Gasteiger partial charge is 0.491 e. The highest BCUT2D eigenvalue weighted by Gasteiger charge is 2.08. The van der Waals surface area contributed by atoms with Crippen molar-refractivity contribution in [3.63, 3.8) is 0 Å². The minimum atomic E-state index is -0.760. The van der Waals surface area contributed by atoms with Crippen LogP contribution < -0.4 is 25.4 Å². The highest BCUT2D eigenvalue weighted by Crippen LogP contribution is 2.17. The van der Waals surface area contributed by atoms with E-state index in [4.69, 9.17) is 14.7 Å². The number of nitriles is 1. The Morgan fingerprint density at radius 1 is 1.13 bits per heavy atom. The number of nitrogens with one attached hydrogen (secondary N) is 3. The summed E-state index contributed by atoms with van der Waals surface area (Å²) in [4.78, 5) is 11.9. The third-order valence-electron chi connectivity index (χ3n) is 3.86. The lowest BCUT2D eigenvalue weighted by atomic mass is 10.2. The average molecular weight is 416 g/mol. The van der Waals surface area contributed by atoms with Crippen LogP contribution in [0.3, 0.4) is 0 Å². The fourth-order valence-electron chi connectivity index (χ4n) is 2.43. The minimum Gasteiger partial charge on any atom is -0.491 e. The molecule has 30 heavy (non-hydrogen) atoms. The number of aliphatic hydroxyl groups is 1. The van der Waals surface area contributed by atoms with E-state index in [2.05, 4.69) is 16.0 Å². The number of aliphatic hydroxyl groups excluding tert-OH is 1. The highest BCUT2D eigenvalue weighted by atomic mass is 19.1. The molecule has 2 aromatic carbocycles. The van der Waals surface area contributed by atoms with Crippen molar-refractivity contribution in [2.24, 2.45) is 0 Å². The van der Waals surface area contributed by atoms with Gasteiger partial charge >= 0.3 is 6.03 Å². The molecule has 0 aliphatic heterocycles. The first-order valence-corrected chi connectivity index (χ1v) is 9.46. The third-order valence-corrected chi connectivity index (χ3v) is 3.86. The van der Waals surface area contributed by atoms with Gasteiger partial charge in [0.15, 0.2) is 0 Å². The van der Waals surface area contributed by atoms with Gasteiger partial charge in [-0.15, -0.1) is 0 Å². The van der Waals surface area contributed by atoms with Crippen molar-refractivity contribution < 1.29 is 23.8 Å². The molecule has 0 heterocycles. The molecule has 2 amide bonds. The fraction of sp³-hybridized carbons (Fsp3) is 0.333. The van der Waals surface area contributed by atoms with Crippen molar-refractivity contribution >= 4 is 11.7 Å². The number of hydrogen-bond donors (Lipinski definition) is 4. The predicted octanol–water partition coefficient (Wildman–Crippen LogP) is 2.06. The molecule has 4 N–H and O–H groups in total.